The van der Waals surface area contributed by atoms with Gasteiger partial charge in [0.25, 0.3) is 0 Å². The second kappa shape index (κ2) is 6.86. The SMILES string of the molecule is N#C/C(=C\c1ccccc1Br)c1nc(-c2ccc(F)cc2)cs1. The van der Waals surface area contributed by atoms with E-state index in [1.165, 1.54) is 23.5 Å². The Morgan fingerprint density at radius 2 is 1.91 bits per heavy atom. The molecule has 1 aromatic heterocycles. The Labute approximate surface area is 145 Å². The molecule has 0 saturated carbocycles. The van der Waals surface area contributed by atoms with E-state index >= 15 is 0 Å². The fourth-order valence-corrected chi connectivity index (χ4v) is 3.23. The van der Waals surface area contributed by atoms with Crippen molar-refractivity contribution < 1.29 is 4.39 Å². The third-order valence-electron chi connectivity index (χ3n) is 3.20. The van der Waals surface area contributed by atoms with Gasteiger partial charge in [-0.05, 0) is 42.0 Å². The molecule has 2 nitrogen and oxygen atoms in total. The maximum absolute atomic E-state index is 13.0. The van der Waals surface area contributed by atoms with Gasteiger partial charge in [-0.15, -0.1) is 11.3 Å². The summed E-state index contributed by atoms with van der Waals surface area (Å²) in [6, 6.07) is 16.0. The van der Waals surface area contributed by atoms with Crippen LogP contribution >= 0.6 is 27.3 Å². The van der Waals surface area contributed by atoms with Gasteiger partial charge in [0.2, 0.25) is 0 Å². The molecule has 0 aliphatic heterocycles. The zero-order chi connectivity index (χ0) is 16.2. The highest BCUT2D eigenvalue weighted by Crippen LogP contribution is 2.28. The molecule has 3 rings (SSSR count). The van der Waals surface area contributed by atoms with E-state index in [4.69, 9.17) is 0 Å². The van der Waals surface area contributed by atoms with E-state index in [-0.39, 0.29) is 5.82 Å². The van der Waals surface area contributed by atoms with Crippen molar-refractivity contribution in [1.82, 2.24) is 4.98 Å². The summed E-state index contributed by atoms with van der Waals surface area (Å²) in [5, 5.41) is 11.9. The Balaban J connectivity index is 1.96. The minimum atomic E-state index is -0.282. The molecule has 0 amide bonds. The molecule has 23 heavy (non-hydrogen) atoms. The lowest BCUT2D eigenvalue weighted by Crippen LogP contribution is -1.84. The number of thiazole rings is 1. The maximum Gasteiger partial charge on any atom is 0.134 e. The van der Waals surface area contributed by atoms with Crippen LogP contribution in [0.2, 0.25) is 0 Å². The Bertz CT molecular complexity index is 907. The first-order chi connectivity index (χ1) is 11.2. The van der Waals surface area contributed by atoms with Crippen LogP contribution in [-0.2, 0) is 0 Å². The van der Waals surface area contributed by atoms with Crippen molar-refractivity contribution in [3.63, 3.8) is 0 Å². The largest absolute Gasteiger partial charge is 0.235 e. The van der Waals surface area contributed by atoms with Crippen LogP contribution in [0.1, 0.15) is 10.6 Å². The monoisotopic (exact) mass is 384 g/mol. The molecule has 1 heterocycles. The van der Waals surface area contributed by atoms with Crippen LogP contribution in [0.3, 0.4) is 0 Å². The average molecular weight is 385 g/mol. The zero-order valence-electron chi connectivity index (χ0n) is 11.8. The Hall–Kier alpha value is -2.29. The lowest BCUT2D eigenvalue weighted by molar-refractivity contribution is 0.628. The van der Waals surface area contributed by atoms with E-state index in [0.717, 1.165) is 21.3 Å². The molecule has 0 aliphatic rings. The molecule has 0 aliphatic carbocycles. The van der Waals surface area contributed by atoms with Crippen molar-refractivity contribution in [3.8, 4) is 17.3 Å². The predicted octanol–water partition coefficient (Wildman–Crippen LogP) is 5.78. The number of rotatable bonds is 3. The maximum atomic E-state index is 13.0. The van der Waals surface area contributed by atoms with Gasteiger partial charge >= 0.3 is 0 Å². The second-order valence-corrected chi connectivity index (χ2v) is 6.45. The van der Waals surface area contributed by atoms with Gasteiger partial charge in [0.1, 0.15) is 16.9 Å². The fourth-order valence-electron chi connectivity index (χ4n) is 2.04. The Kier molecular flexibility index (Phi) is 4.65. The smallest absolute Gasteiger partial charge is 0.134 e. The first-order valence-corrected chi connectivity index (χ1v) is 8.43. The van der Waals surface area contributed by atoms with E-state index in [1.807, 2.05) is 29.6 Å². The molecule has 2 aromatic carbocycles. The quantitative estimate of drug-likeness (QED) is 0.536. The summed E-state index contributed by atoms with van der Waals surface area (Å²) in [5.74, 6) is -0.282. The van der Waals surface area contributed by atoms with Crippen LogP contribution in [-0.4, -0.2) is 4.98 Å². The van der Waals surface area contributed by atoms with Gasteiger partial charge in [0, 0.05) is 15.4 Å². The molecule has 0 spiro atoms. The van der Waals surface area contributed by atoms with Crippen molar-refractivity contribution in [2.45, 2.75) is 0 Å². The number of aromatic nitrogens is 1. The van der Waals surface area contributed by atoms with E-state index in [2.05, 4.69) is 27.0 Å². The van der Waals surface area contributed by atoms with E-state index in [9.17, 15) is 9.65 Å². The van der Waals surface area contributed by atoms with Crippen LogP contribution in [0.15, 0.2) is 58.4 Å². The molecule has 3 aromatic rings. The summed E-state index contributed by atoms with van der Waals surface area (Å²) in [7, 11) is 0. The molecule has 0 saturated heterocycles. The number of benzene rings is 2. The van der Waals surface area contributed by atoms with Gasteiger partial charge in [-0.25, -0.2) is 9.37 Å². The molecule has 0 fully saturated rings. The highest BCUT2D eigenvalue weighted by Gasteiger charge is 2.10. The zero-order valence-corrected chi connectivity index (χ0v) is 14.2. The van der Waals surface area contributed by atoms with Gasteiger partial charge < -0.3 is 0 Å². The van der Waals surface area contributed by atoms with Gasteiger partial charge in [0.05, 0.1) is 11.3 Å². The summed E-state index contributed by atoms with van der Waals surface area (Å²) in [4.78, 5) is 4.50. The average Bonchev–Trinajstić information content (AvgIpc) is 3.04. The molecular weight excluding hydrogens is 375 g/mol. The second-order valence-electron chi connectivity index (χ2n) is 4.74. The van der Waals surface area contributed by atoms with Crippen LogP contribution in [0.5, 0.6) is 0 Å². The van der Waals surface area contributed by atoms with Crippen molar-refractivity contribution in [3.05, 3.63) is 74.8 Å². The first-order valence-electron chi connectivity index (χ1n) is 6.75. The van der Waals surface area contributed by atoms with Crippen LogP contribution in [0.4, 0.5) is 4.39 Å². The summed E-state index contributed by atoms with van der Waals surface area (Å²) in [6.07, 6.45) is 1.80. The van der Waals surface area contributed by atoms with Crippen molar-refractivity contribution in [1.29, 1.82) is 5.26 Å². The van der Waals surface area contributed by atoms with Gasteiger partial charge in [-0.3, -0.25) is 0 Å². The summed E-state index contributed by atoms with van der Waals surface area (Å²) >= 11 is 4.86. The number of hydrogen-bond acceptors (Lipinski definition) is 3. The highest BCUT2D eigenvalue weighted by atomic mass is 79.9. The van der Waals surface area contributed by atoms with Crippen molar-refractivity contribution in [2.75, 3.05) is 0 Å². The lowest BCUT2D eigenvalue weighted by Gasteiger charge is -1.99. The molecule has 0 N–H and O–H groups in total. The number of nitrogens with zero attached hydrogens (tertiary/aromatic N) is 2. The Morgan fingerprint density at radius 3 is 2.61 bits per heavy atom. The third kappa shape index (κ3) is 3.55. The van der Waals surface area contributed by atoms with E-state index in [1.54, 1.807) is 18.2 Å². The van der Waals surface area contributed by atoms with E-state index < -0.39 is 0 Å². The van der Waals surface area contributed by atoms with Crippen molar-refractivity contribution >= 4 is 38.9 Å². The summed E-state index contributed by atoms with van der Waals surface area (Å²) in [5.41, 5.74) is 2.98. The minimum Gasteiger partial charge on any atom is -0.235 e. The number of allylic oxidation sites excluding steroid dienone is 1. The molecule has 0 unspecified atom stereocenters. The lowest BCUT2D eigenvalue weighted by atomic mass is 10.1. The highest BCUT2D eigenvalue weighted by molar-refractivity contribution is 9.10. The van der Waals surface area contributed by atoms with Crippen LogP contribution < -0.4 is 0 Å². The topological polar surface area (TPSA) is 36.7 Å². The Morgan fingerprint density at radius 1 is 1.17 bits per heavy atom. The van der Waals surface area contributed by atoms with Gasteiger partial charge in [-0.2, -0.15) is 5.26 Å². The van der Waals surface area contributed by atoms with Crippen LogP contribution in [0, 0.1) is 17.1 Å². The fraction of sp³-hybridized carbons (Fsp3) is 0. The van der Waals surface area contributed by atoms with Crippen molar-refractivity contribution in [2.24, 2.45) is 0 Å². The minimum absolute atomic E-state index is 0.282. The van der Waals surface area contributed by atoms with Gasteiger partial charge in [-0.1, -0.05) is 34.1 Å². The first kappa shape index (κ1) is 15.6. The summed E-state index contributed by atoms with van der Waals surface area (Å²) < 4.78 is 13.9. The number of nitriles is 1. The number of halogens is 2. The normalized spacial score (nSPS) is 11.3. The van der Waals surface area contributed by atoms with E-state index in [0.29, 0.717) is 10.6 Å². The third-order valence-corrected chi connectivity index (χ3v) is 4.80. The molecule has 0 atom stereocenters. The molecule has 112 valence electrons. The van der Waals surface area contributed by atoms with Crippen LogP contribution in [0.25, 0.3) is 22.9 Å². The predicted molar refractivity (Wildman–Crippen MR) is 95.1 cm³/mol. The molecule has 0 bridgehead atoms. The standard InChI is InChI=1S/C18H10BrFN2S/c19-16-4-2-1-3-13(16)9-14(10-21)18-22-17(11-23-18)12-5-7-15(20)8-6-12/h1-9,11H/b14-9+. The number of hydrogen-bond donors (Lipinski definition) is 0. The molecule has 0 radical (unpaired) electrons. The van der Waals surface area contributed by atoms with Gasteiger partial charge in [0.15, 0.2) is 0 Å². The molecule has 5 heteroatoms. The summed E-state index contributed by atoms with van der Waals surface area (Å²) in [6.45, 7) is 0. The molecular formula is C18H10BrFN2S.